The molecule has 2 aromatic rings. The van der Waals surface area contributed by atoms with Gasteiger partial charge >= 0.3 is 6.09 Å². The van der Waals surface area contributed by atoms with Gasteiger partial charge in [-0.3, -0.25) is 4.90 Å². The molecule has 4 nitrogen and oxygen atoms in total. The van der Waals surface area contributed by atoms with Gasteiger partial charge in [-0.25, -0.2) is 4.79 Å². The summed E-state index contributed by atoms with van der Waals surface area (Å²) < 4.78 is 5.32. The number of amides is 1. The lowest BCUT2D eigenvalue weighted by atomic mass is 9.93. The van der Waals surface area contributed by atoms with Crippen molar-refractivity contribution in [2.24, 2.45) is 0 Å². The van der Waals surface area contributed by atoms with Gasteiger partial charge in [0, 0.05) is 0 Å². The Hall–Kier alpha value is -2.33. The first-order valence-corrected chi connectivity index (χ1v) is 7.43. The highest BCUT2D eigenvalue weighted by molar-refractivity contribution is 5.69. The minimum absolute atomic E-state index is 0.203. The normalized spacial score (nSPS) is 20.3. The average Bonchev–Trinajstić information content (AvgIpc) is 2.57. The van der Waals surface area contributed by atoms with E-state index in [4.69, 9.17) is 4.74 Å². The van der Waals surface area contributed by atoms with E-state index in [1.807, 2.05) is 60.7 Å². The summed E-state index contributed by atoms with van der Waals surface area (Å²) in [6.07, 6.45) is -0.206. The number of aliphatic hydroxyl groups excluding tert-OH is 1. The number of carbonyl (C=O) groups excluding carboxylic acids is 1. The average molecular weight is 297 g/mol. The van der Waals surface area contributed by atoms with E-state index in [1.165, 1.54) is 0 Å². The number of nitrogens with zero attached hydrogens (tertiary/aromatic N) is 1. The van der Waals surface area contributed by atoms with E-state index in [9.17, 15) is 9.90 Å². The van der Waals surface area contributed by atoms with Crippen molar-refractivity contribution < 1.29 is 14.6 Å². The van der Waals surface area contributed by atoms with Gasteiger partial charge in [0.2, 0.25) is 0 Å². The molecule has 1 fully saturated rings. The van der Waals surface area contributed by atoms with Crippen molar-refractivity contribution in [2.45, 2.75) is 25.2 Å². The summed E-state index contributed by atoms with van der Waals surface area (Å²) in [6.45, 7) is 0.593. The van der Waals surface area contributed by atoms with Crippen LogP contribution in [0.2, 0.25) is 0 Å². The molecule has 0 spiro atoms. The van der Waals surface area contributed by atoms with E-state index in [2.05, 4.69) is 0 Å². The highest BCUT2D eigenvalue weighted by atomic mass is 16.6. The maximum absolute atomic E-state index is 12.1. The highest BCUT2D eigenvalue weighted by Crippen LogP contribution is 2.23. The largest absolute Gasteiger partial charge is 0.445 e. The van der Waals surface area contributed by atoms with Crippen LogP contribution >= 0.6 is 0 Å². The molecule has 0 aromatic heterocycles. The molecule has 0 radical (unpaired) electrons. The van der Waals surface area contributed by atoms with Crippen molar-refractivity contribution >= 4 is 6.09 Å². The standard InChI is InChI=1S/C18H19NO3/c20-17-12-19(16(17)11-14-7-3-1-4-8-14)18(21)22-13-15-9-5-2-6-10-15/h1-10,16-17,20H,11-13H2. The number of hydrogen-bond donors (Lipinski definition) is 1. The summed E-state index contributed by atoms with van der Waals surface area (Å²) in [5, 5.41) is 9.92. The molecule has 1 N–H and O–H groups in total. The Bertz CT molecular complexity index is 615. The topological polar surface area (TPSA) is 49.8 Å². The lowest BCUT2D eigenvalue weighted by Gasteiger charge is -2.44. The molecular formula is C18H19NO3. The third-order valence-electron chi connectivity index (χ3n) is 3.96. The minimum Gasteiger partial charge on any atom is -0.445 e. The number of hydrogen-bond acceptors (Lipinski definition) is 3. The molecule has 22 heavy (non-hydrogen) atoms. The van der Waals surface area contributed by atoms with Gasteiger partial charge in [0.05, 0.1) is 18.7 Å². The highest BCUT2D eigenvalue weighted by Gasteiger charge is 2.41. The predicted molar refractivity (Wildman–Crippen MR) is 83.3 cm³/mol. The summed E-state index contributed by atoms with van der Waals surface area (Å²) >= 11 is 0. The molecule has 0 aliphatic carbocycles. The minimum atomic E-state index is -0.482. The lowest BCUT2D eigenvalue weighted by Crippen LogP contribution is -2.63. The number of aliphatic hydroxyl groups is 1. The first-order chi connectivity index (χ1) is 10.7. The Morgan fingerprint density at radius 1 is 1.05 bits per heavy atom. The molecule has 4 heteroatoms. The fraction of sp³-hybridized carbons (Fsp3) is 0.278. The number of carbonyl (C=O) groups is 1. The van der Waals surface area contributed by atoms with E-state index in [0.29, 0.717) is 13.0 Å². The molecule has 1 aliphatic rings. The summed E-state index contributed by atoms with van der Waals surface area (Å²) in [5.41, 5.74) is 2.06. The molecule has 1 heterocycles. The van der Waals surface area contributed by atoms with E-state index in [-0.39, 0.29) is 18.7 Å². The van der Waals surface area contributed by atoms with Gasteiger partial charge in [-0.2, -0.15) is 0 Å². The van der Waals surface area contributed by atoms with E-state index in [1.54, 1.807) is 4.90 Å². The van der Waals surface area contributed by atoms with Gasteiger partial charge in [-0.1, -0.05) is 60.7 Å². The second kappa shape index (κ2) is 6.62. The van der Waals surface area contributed by atoms with Crippen LogP contribution in [0.1, 0.15) is 11.1 Å². The maximum Gasteiger partial charge on any atom is 0.410 e. The fourth-order valence-corrected chi connectivity index (χ4v) is 2.64. The summed E-state index contributed by atoms with van der Waals surface area (Å²) in [6, 6.07) is 19.2. The van der Waals surface area contributed by atoms with Crippen LogP contribution in [0, 0.1) is 0 Å². The summed E-state index contributed by atoms with van der Waals surface area (Å²) in [5.74, 6) is 0. The number of β-amino-alcohol motifs (C(OH)–C–C–N with tert-alkyl or cyclic N) is 1. The van der Waals surface area contributed by atoms with E-state index < -0.39 is 6.10 Å². The van der Waals surface area contributed by atoms with Crippen molar-refractivity contribution in [3.8, 4) is 0 Å². The van der Waals surface area contributed by atoms with Crippen molar-refractivity contribution in [1.29, 1.82) is 0 Å². The Morgan fingerprint density at radius 3 is 2.23 bits per heavy atom. The van der Waals surface area contributed by atoms with Crippen molar-refractivity contribution in [2.75, 3.05) is 6.54 Å². The fourth-order valence-electron chi connectivity index (χ4n) is 2.64. The zero-order valence-electron chi connectivity index (χ0n) is 12.3. The van der Waals surface area contributed by atoms with Crippen LogP contribution in [0.3, 0.4) is 0 Å². The van der Waals surface area contributed by atoms with Crippen LogP contribution in [-0.4, -0.2) is 34.8 Å². The third kappa shape index (κ3) is 3.28. The Kier molecular flexibility index (Phi) is 4.39. The van der Waals surface area contributed by atoms with Crippen molar-refractivity contribution in [1.82, 2.24) is 4.90 Å². The molecule has 2 atom stereocenters. The molecule has 2 aromatic carbocycles. The molecular weight excluding hydrogens is 278 g/mol. The molecule has 114 valence electrons. The van der Waals surface area contributed by atoms with Crippen molar-refractivity contribution in [3.63, 3.8) is 0 Å². The monoisotopic (exact) mass is 297 g/mol. The first-order valence-electron chi connectivity index (χ1n) is 7.43. The number of rotatable bonds is 4. The lowest BCUT2D eigenvalue weighted by molar-refractivity contribution is -0.0547. The van der Waals surface area contributed by atoms with Crippen LogP contribution in [0.25, 0.3) is 0 Å². The second-order valence-corrected chi connectivity index (χ2v) is 5.52. The zero-order valence-corrected chi connectivity index (χ0v) is 12.3. The van der Waals surface area contributed by atoms with Crippen LogP contribution in [0.5, 0.6) is 0 Å². The maximum atomic E-state index is 12.1. The first kappa shape index (κ1) is 14.6. The Balaban J connectivity index is 1.56. The van der Waals surface area contributed by atoms with Crippen molar-refractivity contribution in [3.05, 3.63) is 71.8 Å². The van der Waals surface area contributed by atoms with E-state index >= 15 is 0 Å². The van der Waals surface area contributed by atoms with Gasteiger partial charge in [0.15, 0.2) is 0 Å². The number of ether oxygens (including phenoxy) is 1. The van der Waals surface area contributed by atoms with Crippen LogP contribution < -0.4 is 0 Å². The van der Waals surface area contributed by atoms with Gasteiger partial charge in [-0.15, -0.1) is 0 Å². The quantitative estimate of drug-likeness (QED) is 0.943. The van der Waals surface area contributed by atoms with Crippen LogP contribution in [0.15, 0.2) is 60.7 Å². The van der Waals surface area contributed by atoms with Crippen LogP contribution in [-0.2, 0) is 17.8 Å². The SMILES string of the molecule is O=C(OCc1ccccc1)N1CC(O)C1Cc1ccccc1. The summed E-state index contributed by atoms with van der Waals surface area (Å²) in [4.78, 5) is 13.7. The smallest absolute Gasteiger partial charge is 0.410 e. The van der Waals surface area contributed by atoms with Gasteiger partial charge in [-0.05, 0) is 17.5 Å². The van der Waals surface area contributed by atoms with Gasteiger partial charge in [0.25, 0.3) is 0 Å². The molecule has 1 aliphatic heterocycles. The zero-order chi connectivity index (χ0) is 15.4. The number of likely N-dealkylation sites (tertiary alicyclic amines) is 1. The van der Waals surface area contributed by atoms with Gasteiger partial charge < -0.3 is 9.84 Å². The molecule has 0 bridgehead atoms. The molecule has 0 saturated carbocycles. The van der Waals surface area contributed by atoms with Gasteiger partial charge in [0.1, 0.15) is 6.61 Å². The summed E-state index contributed by atoms with van der Waals surface area (Å²) in [7, 11) is 0. The second-order valence-electron chi connectivity index (χ2n) is 5.52. The molecule has 2 unspecified atom stereocenters. The Labute approximate surface area is 130 Å². The third-order valence-corrected chi connectivity index (χ3v) is 3.96. The molecule has 1 saturated heterocycles. The molecule has 1 amide bonds. The molecule has 3 rings (SSSR count). The number of benzene rings is 2. The Morgan fingerprint density at radius 2 is 1.64 bits per heavy atom. The van der Waals surface area contributed by atoms with Crippen LogP contribution in [0.4, 0.5) is 4.79 Å². The predicted octanol–water partition coefficient (Wildman–Crippen LogP) is 2.61. The van der Waals surface area contributed by atoms with E-state index in [0.717, 1.165) is 11.1 Å².